The number of amides is 1. The van der Waals surface area contributed by atoms with Crippen molar-refractivity contribution in [1.82, 2.24) is 10.2 Å². The molecule has 0 aliphatic heterocycles. The van der Waals surface area contributed by atoms with Crippen LogP contribution >= 0.6 is 22.7 Å². The molecule has 34 heavy (non-hydrogen) atoms. The first kappa shape index (κ1) is 24.0. The summed E-state index contributed by atoms with van der Waals surface area (Å²) in [6.45, 7) is 7.73. The predicted molar refractivity (Wildman–Crippen MR) is 136 cm³/mol. The van der Waals surface area contributed by atoms with E-state index in [0.717, 1.165) is 26.6 Å². The van der Waals surface area contributed by atoms with Crippen LogP contribution in [0.4, 0.5) is 9.52 Å². The van der Waals surface area contributed by atoms with E-state index in [4.69, 9.17) is 4.74 Å². The van der Waals surface area contributed by atoms with Crippen molar-refractivity contribution in [1.29, 1.82) is 0 Å². The Hall–Kier alpha value is -3.10. The lowest BCUT2D eigenvalue weighted by Crippen LogP contribution is -2.36. The van der Waals surface area contributed by atoms with Crippen molar-refractivity contribution >= 4 is 33.7 Å². The fourth-order valence-corrected chi connectivity index (χ4v) is 5.64. The van der Waals surface area contributed by atoms with Crippen molar-refractivity contribution in [3.63, 3.8) is 0 Å². The van der Waals surface area contributed by atoms with Crippen molar-refractivity contribution < 1.29 is 13.9 Å². The highest BCUT2D eigenvalue weighted by molar-refractivity contribution is 7.15. The average molecular weight is 496 g/mol. The topological polar surface area (TPSA) is 64.1 Å². The number of thiophene rings is 1. The molecule has 2 aromatic heterocycles. The summed E-state index contributed by atoms with van der Waals surface area (Å²) in [5, 5.41) is 11.0. The lowest BCUT2D eigenvalue weighted by Gasteiger charge is -2.32. The molecule has 0 saturated carbocycles. The molecule has 0 aliphatic carbocycles. The number of rotatable bonds is 8. The molecule has 0 spiro atoms. The van der Waals surface area contributed by atoms with Crippen molar-refractivity contribution in [3.8, 4) is 16.2 Å². The van der Waals surface area contributed by atoms with Gasteiger partial charge < -0.3 is 10.1 Å². The molecule has 4 rings (SSSR count). The fourth-order valence-electron chi connectivity index (χ4n) is 3.87. The third kappa shape index (κ3) is 5.34. The highest BCUT2D eigenvalue weighted by atomic mass is 32.1. The first-order valence-electron chi connectivity index (χ1n) is 10.9. The molecule has 176 valence electrons. The minimum absolute atomic E-state index is 0.111. The Balaban J connectivity index is 1.69. The summed E-state index contributed by atoms with van der Waals surface area (Å²) in [5.74, 6) is -0.0786. The third-order valence-electron chi connectivity index (χ3n) is 5.49. The maximum Gasteiger partial charge on any atom is 0.232 e. The Morgan fingerprint density at radius 3 is 2.50 bits per heavy atom. The highest BCUT2D eigenvalue weighted by Gasteiger charge is 2.40. The number of anilines is 1. The van der Waals surface area contributed by atoms with Crippen LogP contribution in [0.2, 0.25) is 0 Å². The largest absolute Gasteiger partial charge is 0.491 e. The van der Waals surface area contributed by atoms with Gasteiger partial charge in [-0.25, -0.2) is 4.39 Å². The van der Waals surface area contributed by atoms with Gasteiger partial charge in [-0.1, -0.05) is 37.3 Å². The molecule has 1 amide bonds. The monoisotopic (exact) mass is 495 g/mol. The molecule has 2 aromatic carbocycles. The van der Waals surface area contributed by atoms with Crippen LogP contribution in [-0.4, -0.2) is 22.2 Å². The van der Waals surface area contributed by atoms with Gasteiger partial charge in [0.1, 0.15) is 17.1 Å². The summed E-state index contributed by atoms with van der Waals surface area (Å²) in [5.41, 5.74) is 2.47. The van der Waals surface area contributed by atoms with Crippen LogP contribution in [0.1, 0.15) is 44.1 Å². The highest BCUT2D eigenvalue weighted by Crippen LogP contribution is 2.46. The Bertz CT molecular complexity index is 1250. The molecule has 0 radical (unpaired) electrons. The number of benzene rings is 2. The van der Waals surface area contributed by atoms with Crippen LogP contribution in [0.15, 0.2) is 66.2 Å². The maximum absolute atomic E-state index is 14.2. The molecule has 8 heteroatoms. The summed E-state index contributed by atoms with van der Waals surface area (Å²) in [4.78, 5) is 15.4. The SMILES string of the molecule is CC(C)Oc1ccc(-c2ccc(C(c3cccc(F)c3)C(C)(C)C(=O)Nc3nncs3)s2)cc1. The van der Waals surface area contributed by atoms with E-state index >= 15 is 0 Å². The summed E-state index contributed by atoms with van der Waals surface area (Å²) in [6, 6.07) is 18.5. The Labute approximate surface area is 206 Å². The molecule has 0 bridgehead atoms. The number of aromatic nitrogens is 2. The van der Waals surface area contributed by atoms with Crippen molar-refractivity contribution in [3.05, 3.63) is 82.4 Å². The minimum atomic E-state index is -0.892. The van der Waals surface area contributed by atoms with Crippen LogP contribution in [-0.2, 0) is 4.79 Å². The number of carbonyl (C=O) groups is 1. The molecular weight excluding hydrogens is 469 g/mol. The lowest BCUT2D eigenvalue weighted by atomic mass is 9.73. The second kappa shape index (κ2) is 10.0. The summed E-state index contributed by atoms with van der Waals surface area (Å²) < 4.78 is 20.0. The zero-order valence-electron chi connectivity index (χ0n) is 19.4. The van der Waals surface area contributed by atoms with E-state index in [0.29, 0.717) is 5.13 Å². The van der Waals surface area contributed by atoms with Gasteiger partial charge in [-0.2, -0.15) is 0 Å². The number of hydrogen-bond donors (Lipinski definition) is 1. The summed E-state index contributed by atoms with van der Waals surface area (Å²) in [7, 11) is 0. The molecule has 5 nitrogen and oxygen atoms in total. The first-order chi connectivity index (χ1) is 16.2. The molecule has 0 saturated heterocycles. The van der Waals surface area contributed by atoms with Crippen LogP contribution in [0.25, 0.3) is 10.4 Å². The number of carbonyl (C=O) groups excluding carboxylic acids is 1. The maximum atomic E-state index is 14.2. The van der Waals surface area contributed by atoms with E-state index in [-0.39, 0.29) is 23.7 Å². The smallest absolute Gasteiger partial charge is 0.232 e. The van der Waals surface area contributed by atoms with Crippen LogP contribution in [0.5, 0.6) is 5.75 Å². The summed E-state index contributed by atoms with van der Waals surface area (Å²) >= 11 is 2.86. The molecule has 0 aliphatic rings. The molecular formula is C26H26FN3O2S2. The van der Waals surface area contributed by atoms with Gasteiger partial charge in [0.15, 0.2) is 0 Å². The standard InChI is InChI=1S/C26H26FN3O2S2/c1-16(2)32-20-10-8-17(9-11-20)21-12-13-22(34-21)23(18-6-5-7-19(27)14-18)26(3,4)24(31)29-25-30-28-15-33-25/h5-16,23H,1-4H3,(H,29,30,31). The number of halogens is 1. The van der Waals surface area contributed by atoms with E-state index in [1.165, 1.54) is 23.5 Å². The number of nitrogens with one attached hydrogen (secondary N) is 1. The number of ether oxygens (including phenoxy) is 1. The molecule has 2 heterocycles. The Morgan fingerprint density at radius 1 is 1.09 bits per heavy atom. The molecule has 1 atom stereocenters. The van der Waals surface area contributed by atoms with E-state index in [9.17, 15) is 9.18 Å². The van der Waals surface area contributed by atoms with E-state index in [2.05, 4.69) is 15.5 Å². The zero-order valence-corrected chi connectivity index (χ0v) is 21.0. The normalized spacial score (nSPS) is 12.5. The van der Waals surface area contributed by atoms with Gasteiger partial charge >= 0.3 is 0 Å². The van der Waals surface area contributed by atoms with E-state index in [1.54, 1.807) is 22.9 Å². The van der Waals surface area contributed by atoms with Gasteiger partial charge in [0.25, 0.3) is 0 Å². The van der Waals surface area contributed by atoms with Crippen LogP contribution in [0.3, 0.4) is 0 Å². The number of nitrogens with zero attached hydrogens (tertiary/aromatic N) is 2. The van der Waals surface area contributed by atoms with Gasteiger partial charge in [0.05, 0.1) is 11.5 Å². The Kier molecular flexibility index (Phi) is 7.09. The van der Waals surface area contributed by atoms with Gasteiger partial charge in [-0.05, 0) is 73.5 Å². The van der Waals surface area contributed by atoms with Gasteiger partial charge in [0.2, 0.25) is 11.0 Å². The van der Waals surface area contributed by atoms with Crippen LogP contribution < -0.4 is 10.1 Å². The minimum Gasteiger partial charge on any atom is -0.491 e. The summed E-state index contributed by atoms with van der Waals surface area (Å²) in [6.07, 6.45) is 0.111. The van der Waals surface area contributed by atoms with Crippen LogP contribution in [0, 0.1) is 11.2 Å². The third-order valence-corrected chi connectivity index (χ3v) is 7.30. The molecule has 4 aromatic rings. The molecule has 0 fully saturated rings. The second-order valence-electron chi connectivity index (χ2n) is 8.80. The van der Waals surface area contributed by atoms with Crippen molar-refractivity contribution in [2.24, 2.45) is 5.41 Å². The average Bonchev–Trinajstić information content (AvgIpc) is 3.46. The van der Waals surface area contributed by atoms with E-state index in [1.807, 2.05) is 70.2 Å². The fraction of sp³-hybridized carbons (Fsp3) is 0.269. The quantitative estimate of drug-likeness (QED) is 0.286. The molecule has 1 N–H and O–H groups in total. The van der Waals surface area contributed by atoms with Gasteiger partial charge in [-0.15, -0.1) is 21.5 Å². The second-order valence-corrected chi connectivity index (χ2v) is 10.7. The Morgan fingerprint density at radius 2 is 1.85 bits per heavy atom. The lowest BCUT2D eigenvalue weighted by molar-refractivity contribution is -0.124. The molecule has 1 unspecified atom stereocenters. The van der Waals surface area contributed by atoms with Crippen molar-refractivity contribution in [2.45, 2.75) is 39.7 Å². The first-order valence-corrected chi connectivity index (χ1v) is 12.6. The van der Waals surface area contributed by atoms with E-state index < -0.39 is 5.41 Å². The predicted octanol–water partition coefficient (Wildman–Crippen LogP) is 6.99. The van der Waals surface area contributed by atoms with Gasteiger partial charge in [0, 0.05) is 15.7 Å². The van der Waals surface area contributed by atoms with Gasteiger partial charge in [-0.3, -0.25) is 4.79 Å². The zero-order chi connectivity index (χ0) is 24.3. The van der Waals surface area contributed by atoms with Crippen molar-refractivity contribution in [2.75, 3.05) is 5.32 Å². The number of hydrogen-bond acceptors (Lipinski definition) is 6.